The first kappa shape index (κ1) is 18.6. The minimum absolute atomic E-state index is 0.0582. The summed E-state index contributed by atoms with van der Waals surface area (Å²) in [4.78, 5) is 24.9. The Kier molecular flexibility index (Phi) is 6.37. The van der Waals surface area contributed by atoms with Crippen molar-refractivity contribution in [3.63, 3.8) is 0 Å². The molecule has 2 fully saturated rings. The summed E-state index contributed by atoms with van der Waals surface area (Å²) in [6.45, 7) is 5.04. The van der Waals surface area contributed by atoms with Crippen molar-refractivity contribution >= 4 is 17.4 Å². The van der Waals surface area contributed by atoms with Crippen LogP contribution in [-0.2, 0) is 9.47 Å². The average molecular weight is 364 g/mol. The molecule has 0 aliphatic carbocycles. The van der Waals surface area contributed by atoms with Crippen molar-refractivity contribution < 1.29 is 19.2 Å². The summed E-state index contributed by atoms with van der Waals surface area (Å²) in [5.41, 5.74) is 0.334. The fourth-order valence-electron chi connectivity index (χ4n) is 3.43. The smallest absolute Gasteiger partial charge is 0.319 e. The monoisotopic (exact) mass is 364 g/mol. The molecule has 2 atom stereocenters. The van der Waals surface area contributed by atoms with E-state index in [9.17, 15) is 14.9 Å². The van der Waals surface area contributed by atoms with Crippen LogP contribution in [0.1, 0.15) is 6.42 Å². The molecule has 3 rings (SSSR count). The number of ether oxygens (including phenoxy) is 2. The summed E-state index contributed by atoms with van der Waals surface area (Å²) >= 11 is 0. The van der Waals surface area contributed by atoms with Gasteiger partial charge in [0.1, 0.15) is 0 Å². The number of nitrogens with one attached hydrogen (secondary N) is 2. The molecule has 0 bridgehead atoms. The van der Waals surface area contributed by atoms with Crippen LogP contribution in [0.25, 0.3) is 0 Å². The second-order valence-corrected chi connectivity index (χ2v) is 6.48. The molecule has 2 aliphatic rings. The molecule has 0 spiro atoms. The third-order valence-corrected chi connectivity index (χ3v) is 4.81. The average Bonchev–Trinajstić information content (AvgIpc) is 3.17. The van der Waals surface area contributed by atoms with E-state index in [0.29, 0.717) is 38.0 Å². The summed E-state index contributed by atoms with van der Waals surface area (Å²) in [7, 11) is 0. The maximum absolute atomic E-state index is 12.2. The van der Waals surface area contributed by atoms with E-state index < -0.39 is 4.92 Å². The molecule has 26 heavy (non-hydrogen) atoms. The van der Waals surface area contributed by atoms with E-state index >= 15 is 0 Å². The van der Waals surface area contributed by atoms with Gasteiger partial charge in [-0.1, -0.05) is 6.07 Å². The fraction of sp³-hybridized carbons (Fsp3) is 0.588. The molecule has 1 aromatic carbocycles. The molecular weight excluding hydrogens is 340 g/mol. The maximum Gasteiger partial charge on any atom is 0.319 e. The van der Waals surface area contributed by atoms with Gasteiger partial charge in [0.15, 0.2) is 0 Å². The molecule has 1 aromatic rings. The summed E-state index contributed by atoms with van der Waals surface area (Å²) in [5, 5.41) is 16.4. The van der Waals surface area contributed by atoms with Gasteiger partial charge in [-0.25, -0.2) is 4.79 Å². The fourth-order valence-corrected chi connectivity index (χ4v) is 3.43. The Morgan fingerprint density at radius 2 is 2.12 bits per heavy atom. The zero-order chi connectivity index (χ0) is 18.4. The standard InChI is InChI=1S/C17H24N4O5/c22-17(19-14-2-1-3-15(10-14)21(23)24)18-11-16(13-4-7-26-12-13)20-5-8-25-9-6-20/h1-3,10,13,16H,4-9,11-12H2,(H2,18,19,22)/t13-,16+/m0/s1. The number of hydrogen-bond acceptors (Lipinski definition) is 6. The van der Waals surface area contributed by atoms with Crippen molar-refractivity contribution in [3.8, 4) is 0 Å². The molecule has 2 saturated heterocycles. The lowest BCUT2D eigenvalue weighted by molar-refractivity contribution is -0.384. The lowest BCUT2D eigenvalue weighted by Gasteiger charge is -2.37. The van der Waals surface area contributed by atoms with E-state index in [1.54, 1.807) is 12.1 Å². The molecule has 0 saturated carbocycles. The number of non-ortho nitro benzene ring substituents is 1. The summed E-state index contributed by atoms with van der Waals surface area (Å²) in [5.74, 6) is 0.381. The largest absolute Gasteiger partial charge is 0.381 e. The highest BCUT2D eigenvalue weighted by Gasteiger charge is 2.31. The van der Waals surface area contributed by atoms with Crippen LogP contribution in [0.3, 0.4) is 0 Å². The second-order valence-electron chi connectivity index (χ2n) is 6.48. The topological polar surface area (TPSA) is 106 Å². The Morgan fingerprint density at radius 3 is 2.81 bits per heavy atom. The van der Waals surface area contributed by atoms with Crippen molar-refractivity contribution in [1.29, 1.82) is 0 Å². The number of morpholine rings is 1. The zero-order valence-corrected chi connectivity index (χ0v) is 14.6. The minimum atomic E-state index is -0.488. The van der Waals surface area contributed by atoms with Gasteiger partial charge in [-0.3, -0.25) is 15.0 Å². The maximum atomic E-state index is 12.2. The molecule has 0 aromatic heterocycles. The van der Waals surface area contributed by atoms with E-state index in [1.165, 1.54) is 12.1 Å². The van der Waals surface area contributed by atoms with E-state index in [4.69, 9.17) is 9.47 Å². The van der Waals surface area contributed by atoms with Gasteiger partial charge in [0.05, 0.1) is 24.7 Å². The van der Waals surface area contributed by atoms with Crippen LogP contribution in [0.4, 0.5) is 16.2 Å². The highest BCUT2D eigenvalue weighted by atomic mass is 16.6. The molecule has 2 heterocycles. The molecule has 9 heteroatoms. The van der Waals surface area contributed by atoms with Crippen LogP contribution in [-0.4, -0.2) is 68.0 Å². The Balaban J connectivity index is 1.56. The molecule has 2 amide bonds. The molecule has 142 valence electrons. The molecule has 0 radical (unpaired) electrons. The van der Waals surface area contributed by atoms with Gasteiger partial charge in [-0.05, 0) is 12.5 Å². The zero-order valence-electron chi connectivity index (χ0n) is 14.6. The number of amides is 2. The first-order chi connectivity index (χ1) is 12.6. The van der Waals surface area contributed by atoms with Crippen LogP contribution < -0.4 is 10.6 Å². The van der Waals surface area contributed by atoms with E-state index in [0.717, 1.165) is 26.1 Å². The third-order valence-electron chi connectivity index (χ3n) is 4.81. The quantitative estimate of drug-likeness (QED) is 0.585. The number of carbonyl (C=O) groups excluding carboxylic acids is 1. The number of nitro benzene ring substituents is 1. The predicted octanol–water partition coefficient (Wildman–Crippen LogP) is 1.45. The summed E-state index contributed by atoms with van der Waals surface area (Å²) in [6, 6.07) is 5.71. The van der Waals surface area contributed by atoms with Crippen molar-refractivity contribution in [2.24, 2.45) is 5.92 Å². The van der Waals surface area contributed by atoms with E-state index in [2.05, 4.69) is 15.5 Å². The molecule has 2 aliphatic heterocycles. The van der Waals surface area contributed by atoms with Gasteiger partial charge in [0.25, 0.3) is 5.69 Å². The van der Waals surface area contributed by atoms with Crippen LogP contribution in [0.2, 0.25) is 0 Å². The first-order valence-electron chi connectivity index (χ1n) is 8.82. The molecule has 2 N–H and O–H groups in total. The number of hydrogen-bond donors (Lipinski definition) is 2. The highest BCUT2D eigenvalue weighted by molar-refractivity contribution is 5.89. The van der Waals surface area contributed by atoms with E-state index in [-0.39, 0.29) is 17.8 Å². The van der Waals surface area contributed by atoms with Crippen LogP contribution in [0.15, 0.2) is 24.3 Å². The number of rotatable bonds is 6. The van der Waals surface area contributed by atoms with Crippen molar-refractivity contribution in [2.75, 3.05) is 51.4 Å². The van der Waals surface area contributed by atoms with Crippen molar-refractivity contribution in [2.45, 2.75) is 12.5 Å². The number of carbonyl (C=O) groups is 1. The number of nitro groups is 1. The first-order valence-corrected chi connectivity index (χ1v) is 8.82. The predicted molar refractivity (Wildman–Crippen MR) is 95.2 cm³/mol. The molecular formula is C17H24N4O5. The van der Waals surface area contributed by atoms with Crippen LogP contribution >= 0.6 is 0 Å². The van der Waals surface area contributed by atoms with Crippen molar-refractivity contribution in [3.05, 3.63) is 34.4 Å². The lowest BCUT2D eigenvalue weighted by Crippen LogP contribution is -2.52. The Hall–Kier alpha value is -2.23. The SMILES string of the molecule is O=C(NC[C@H]([C@H]1CCOC1)N1CCOCC1)Nc1cccc([N+](=O)[O-])c1. The van der Waals surface area contributed by atoms with Crippen LogP contribution in [0, 0.1) is 16.0 Å². The number of urea groups is 1. The second kappa shape index (κ2) is 8.93. The number of nitrogens with zero attached hydrogens (tertiary/aromatic N) is 2. The van der Waals surface area contributed by atoms with Gasteiger partial charge < -0.3 is 20.1 Å². The normalized spacial score (nSPS) is 21.9. The molecule has 9 nitrogen and oxygen atoms in total. The Labute approximate surface area is 151 Å². The van der Waals surface area contributed by atoms with Gasteiger partial charge in [-0.15, -0.1) is 0 Å². The minimum Gasteiger partial charge on any atom is -0.381 e. The number of benzene rings is 1. The third kappa shape index (κ3) is 4.90. The van der Waals surface area contributed by atoms with Gasteiger partial charge in [-0.2, -0.15) is 0 Å². The van der Waals surface area contributed by atoms with Gasteiger partial charge in [0, 0.05) is 56.0 Å². The number of anilines is 1. The van der Waals surface area contributed by atoms with E-state index in [1.807, 2.05) is 0 Å². The van der Waals surface area contributed by atoms with Gasteiger partial charge >= 0.3 is 6.03 Å². The van der Waals surface area contributed by atoms with Gasteiger partial charge in [0.2, 0.25) is 0 Å². The summed E-state index contributed by atoms with van der Waals surface area (Å²) < 4.78 is 10.9. The molecule has 0 unspecified atom stereocenters. The Morgan fingerprint density at radius 1 is 1.31 bits per heavy atom. The van der Waals surface area contributed by atoms with Crippen molar-refractivity contribution in [1.82, 2.24) is 10.2 Å². The summed E-state index contributed by atoms with van der Waals surface area (Å²) in [6.07, 6.45) is 0.982. The lowest BCUT2D eigenvalue weighted by atomic mass is 9.97. The highest BCUT2D eigenvalue weighted by Crippen LogP contribution is 2.22. The van der Waals surface area contributed by atoms with Crippen LogP contribution in [0.5, 0.6) is 0 Å². The Bertz CT molecular complexity index is 629.